The number of carbonyl (C=O) groups is 1. The van der Waals surface area contributed by atoms with Crippen molar-refractivity contribution >= 4 is 33.9 Å². The van der Waals surface area contributed by atoms with Gasteiger partial charge in [0.2, 0.25) is 5.91 Å². The molecule has 0 bridgehead atoms. The second-order valence-electron chi connectivity index (χ2n) is 6.43. The molecule has 136 valence electrons. The number of fused-ring (bicyclic) bond motifs is 2. The molecule has 2 aliphatic rings. The molecule has 2 aromatic carbocycles. The van der Waals surface area contributed by atoms with Gasteiger partial charge in [-0.25, -0.2) is 4.98 Å². The zero-order chi connectivity index (χ0) is 18.2. The highest BCUT2D eigenvalue weighted by atomic mass is 32.1. The van der Waals surface area contributed by atoms with Crippen molar-refractivity contribution in [3.8, 4) is 11.5 Å². The maximum Gasteiger partial charge on any atom is 0.226 e. The average molecular weight is 379 g/mol. The lowest BCUT2D eigenvalue weighted by Gasteiger charge is -2.24. The highest BCUT2D eigenvalue weighted by molar-refractivity contribution is 7.16. The van der Waals surface area contributed by atoms with Crippen LogP contribution < -0.4 is 20.1 Å². The van der Waals surface area contributed by atoms with Gasteiger partial charge in [-0.15, -0.1) is 0 Å². The summed E-state index contributed by atoms with van der Waals surface area (Å²) in [5.74, 6) is 2.04. The van der Waals surface area contributed by atoms with E-state index in [4.69, 9.17) is 9.47 Å². The summed E-state index contributed by atoms with van der Waals surface area (Å²) in [4.78, 5) is 17.9. The molecule has 0 aliphatic carbocycles. The first-order valence-corrected chi connectivity index (χ1v) is 9.60. The maximum atomic E-state index is 12.2. The lowest BCUT2D eigenvalue weighted by Crippen LogP contribution is -2.23. The second kappa shape index (κ2) is 6.59. The predicted octanol–water partition coefficient (Wildman–Crippen LogP) is 4.13. The molecule has 0 saturated heterocycles. The van der Waals surface area contributed by atoms with Gasteiger partial charge in [0, 0.05) is 18.0 Å². The standard InChI is InChI=1S/C20H17N3O3S/c24-17-11-14(12-6-7-15-16(10-12)26-9-8-25-15)18-19(22-17)23-20(27-18)21-13-4-2-1-3-5-13/h1-7,10,14H,8-9,11H2,(H,21,23)(H,22,24)/t14-/m0/s1. The molecular formula is C20H17N3O3S. The fraction of sp³-hybridized carbons (Fsp3) is 0.200. The average Bonchev–Trinajstić information content (AvgIpc) is 3.09. The molecule has 0 spiro atoms. The predicted molar refractivity (Wildman–Crippen MR) is 104 cm³/mol. The Morgan fingerprint density at radius 3 is 2.74 bits per heavy atom. The Morgan fingerprint density at radius 1 is 1.07 bits per heavy atom. The summed E-state index contributed by atoms with van der Waals surface area (Å²) in [7, 11) is 0. The minimum absolute atomic E-state index is 0.0287. The number of rotatable bonds is 3. The van der Waals surface area contributed by atoms with Gasteiger partial charge in [-0.05, 0) is 29.8 Å². The van der Waals surface area contributed by atoms with Crippen molar-refractivity contribution in [1.29, 1.82) is 0 Å². The van der Waals surface area contributed by atoms with Gasteiger partial charge in [-0.1, -0.05) is 35.6 Å². The lowest BCUT2D eigenvalue weighted by molar-refractivity contribution is -0.116. The van der Waals surface area contributed by atoms with Gasteiger partial charge < -0.3 is 20.1 Å². The third kappa shape index (κ3) is 3.10. The van der Waals surface area contributed by atoms with Crippen molar-refractivity contribution in [2.75, 3.05) is 23.8 Å². The van der Waals surface area contributed by atoms with E-state index < -0.39 is 0 Å². The Bertz CT molecular complexity index is 1000. The van der Waals surface area contributed by atoms with E-state index in [0.717, 1.165) is 32.8 Å². The topological polar surface area (TPSA) is 72.5 Å². The molecule has 1 aromatic heterocycles. The first kappa shape index (κ1) is 16.1. The summed E-state index contributed by atoms with van der Waals surface area (Å²) < 4.78 is 11.3. The fourth-order valence-electron chi connectivity index (χ4n) is 3.36. The lowest BCUT2D eigenvalue weighted by atomic mass is 9.91. The van der Waals surface area contributed by atoms with Crippen molar-refractivity contribution in [3.63, 3.8) is 0 Å². The molecule has 0 fully saturated rings. The Balaban J connectivity index is 1.49. The van der Waals surface area contributed by atoms with Crippen LogP contribution in [0.3, 0.4) is 0 Å². The molecule has 2 aliphatic heterocycles. The monoisotopic (exact) mass is 379 g/mol. The van der Waals surface area contributed by atoms with Crippen LogP contribution in [0.1, 0.15) is 22.8 Å². The smallest absolute Gasteiger partial charge is 0.226 e. The van der Waals surface area contributed by atoms with E-state index in [0.29, 0.717) is 25.5 Å². The van der Waals surface area contributed by atoms with Crippen LogP contribution >= 0.6 is 11.3 Å². The third-order valence-electron chi connectivity index (χ3n) is 4.61. The van der Waals surface area contributed by atoms with Gasteiger partial charge in [0.25, 0.3) is 0 Å². The number of benzene rings is 2. The van der Waals surface area contributed by atoms with E-state index in [1.165, 1.54) is 0 Å². The molecule has 0 unspecified atom stereocenters. The normalized spacial score (nSPS) is 17.8. The highest BCUT2D eigenvalue weighted by Gasteiger charge is 2.31. The Morgan fingerprint density at radius 2 is 1.89 bits per heavy atom. The fourth-order valence-corrected chi connectivity index (χ4v) is 4.43. The number of hydrogen-bond acceptors (Lipinski definition) is 6. The van der Waals surface area contributed by atoms with Crippen LogP contribution in [-0.4, -0.2) is 24.1 Å². The van der Waals surface area contributed by atoms with Crippen molar-refractivity contribution in [2.24, 2.45) is 0 Å². The molecule has 0 saturated carbocycles. The van der Waals surface area contributed by atoms with E-state index in [1.54, 1.807) is 11.3 Å². The van der Waals surface area contributed by atoms with Gasteiger partial charge >= 0.3 is 0 Å². The van der Waals surface area contributed by atoms with Gasteiger partial charge in [0.1, 0.15) is 19.0 Å². The molecule has 1 atom stereocenters. The summed E-state index contributed by atoms with van der Waals surface area (Å²) in [5.41, 5.74) is 2.00. The first-order chi connectivity index (χ1) is 13.3. The quantitative estimate of drug-likeness (QED) is 0.716. The summed E-state index contributed by atoms with van der Waals surface area (Å²) in [6, 6.07) is 15.8. The Labute approximate surface area is 160 Å². The molecule has 1 amide bonds. The van der Waals surface area contributed by atoms with Crippen molar-refractivity contribution in [1.82, 2.24) is 4.98 Å². The molecule has 27 heavy (non-hydrogen) atoms. The van der Waals surface area contributed by atoms with Crippen LogP contribution in [0.4, 0.5) is 16.6 Å². The molecule has 5 rings (SSSR count). The highest BCUT2D eigenvalue weighted by Crippen LogP contribution is 2.44. The summed E-state index contributed by atoms with van der Waals surface area (Å²) in [5, 5.41) is 6.96. The molecule has 3 aromatic rings. The van der Waals surface area contributed by atoms with E-state index in [-0.39, 0.29) is 11.8 Å². The van der Waals surface area contributed by atoms with E-state index in [9.17, 15) is 4.79 Å². The van der Waals surface area contributed by atoms with Crippen LogP contribution in [0, 0.1) is 0 Å². The number of thiazole rings is 1. The first-order valence-electron chi connectivity index (χ1n) is 8.78. The van der Waals surface area contributed by atoms with Gasteiger partial charge in [0.05, 0.1) is 4.88 Å². The van der Waals surface area contributed by atoms with Crippen molar-refractivity contribution in [2.45, 2.75) is 12.3 Å². The number of ether oxygens (including phenoxy) is 2. The SMILES string of the molecule is O=C1C[C@@H](c2ccc3c(c2)OCCO3)c2sc(Nc3ccccc3)nc2N1. The summed E-state index contributed by atoms with van der Waals surface area (Å²) in [6.45, 7) is 1.10. The van der Waals surface area contributed by atoms with Gasteiger partial charge in [0.15, 0.2) is 16.6 Å². The Hall–Kier alpha value is -3.06. The number of amides is 1. The number of para-hydroxylation sites is 1. The third-order valence-corrected chi connectivity index (χ3v) is 5.70. The second-order valence-corrected chi connectivity index (χ2v) is 7.46. The maximum absolute atomic E-state index is 12.2. The summed E-state index contributed by atoms with van der Waals surface area (Å²) >= 11 is 1.56. The van der Waals surface area contributed by atoms with E-state index in [1.807, 2.05) is 48.5 Å². The molecule has 7 heteroatoms. The zero-order valence-corrected chi connectivity index (χ0v) is 15.2. The minimum Gasteiger partial charge on any atom is -0.486 e. The van der Waals surface area contributed by atoms with Crippen LogP contribution in [0.15, 0.2) is 48.5 Å². The number of hydrogen-bond donors (Lipinski definition) is 2. The minimum atomic E-state index is -0.0478. The van der Waals surface area contributed by atoms with E-state index in [2.05, 4.69) is 15.6 Å². The molecular weight excluding hydrogens is 362 g/mol. The number of anilines is 3. The molecule has 0 radical (unpaired) electrons. The largest absolute Gasteiger partial charge is 0.486 e. The summed E-state index contributed by atoms with van der Waals surface area (Å²) in [6.07, 6.45) is 0.389. The van der Waals surface area contributed by atoms with Gasteiger partial charge in [-0.2, -0.15) is 0 Å². The number of aromatic nitrogens is 1. The van der Waals surface area contributed by atoms with Crippen molar-refractivity contribution in [3.05, 3.63) is 59.0 Å². The van der Waals surface area contributed by atoms with Crippen LogP contribution in [0.2, 0.25) is 0 Å². The molecule has 6 nitrogen and oxygen atoms in total. The van der Waals surface area contributed by atoms with Crippen LogP contribution in [0.25, 0.3) is 0 Å². The van der Waals surface area contributed by atoms with Crippen LogP contribution in [0.5, 0.6) is 11.5 Å². The van der Waals surface area contributed by atoms with Crippen LogP contribution in [-0.2, 0) is 4.79 Å². The number of nitrogens with zero attached hydrogens (tertiary/aromatic N) is 1. The molecule has 2 N–H and O–H groups in total. The molecule has 3 heterocycles. The zero-order valence-electron chi connectivity index (χ0n) is 14.4. The van der Waals surface area contributed by atoms with Gasteiger partial charge in [-0.3, -0.25) is 4.79 Å². The number of nitrogens with one attached hydrogen (secondary N) is 2. The number of carbonyl (C=O) groups excluding carboxylic acids is 1. The Kier molecular flexibility index (Phi) is 3.94. The van der Waals surface area contributed by atoms with Crippen molar-refractivity contribution < 1.29 is 14.3 Å². The van der Waals surface area contributed by atoms with E-state index >= 15 is 0 Å².